The third-order valence-electron chi connectivity index (χ3n) is 5.33. The lowest BCUT2D eigenvalue weighted by molar-refractivity contribution is 0.0697. The van der Waals surface area contributed by atoms with Gasteiger partial charge in [-0.1, -0.05) is 38.8 Å². The van der Waals surface area contributed by atoms with Crippen molar-refractivity contribution in [3.63, 3.8) is 0 Å². The fraction of sp³-hybridized carbons (Fsp3) is 0.600. The largest absolute Gasteiger partial charge is 0.478 e. The first kappa shape index (κ1) is 20.2. The van der Waals surface area contributed by atoms with Crippen molar-refractivity contribution < 1.29 is 14.7 Å². The second kappa shape index (κ2) is 10.2. The molecule has 0 bridgehead atoms. The van der Waals surface area contributed by atoms with E-state index < -0.39 is 5.97 Å². The molecule has 0 saturated carbocycles. The number of hydrogen-bond donors (Lipinski definition) is 3. The summed E-state index contributed by atoms with van der Waals surface area (Å²) in [5.74, 6) is -0.353. The number of benzene rings is 1. The quantitative estimate of drug-likeness (QED) is 0.631. The summed E-state index contributed by atoms with van der Waals surface area (Å²) in [6.45, 7) is 7.73. The Morgan fingerprint density at radius 1 is 1.08 bits per heavy atom. The molecule has 26 heavy (non-hydrogen) atoms. The van der Waals surface area contributed by atoms with Crippen LogP contribution in [0.15, 0.2) is 24.3 Å². The zero-order valence-corrected chi connectivity index (χ0v) is 15.8. The summed E-state index contributed by atoms with van der Waals surface area (Å²) in [7, 11) is 0. The number of carbonyl (C=O) groups is 2. The molecule has 0 radical (unpaired) electrons. The van der Waals surface area contributed by atoms with Crippen LogP contribution < -0.4 is 10.6 Å². The van der Waals surface area contributed by atoms with E-state index in [1.165, 1.54) is 12.8 Å². The van der Waals surface area contributed by atoms with Crippen LogP contribution in [0, 0.1) is 5.92 Å². The lowest BCUT2D eigenvalue weighted by atomic mass is 9.93. The minimum absolute atomic E-state index is 0.178. The lowest BCUT2D eigenvalue weighted by Crippen LogP contribution is -2.48. The first-order valence-electron chi connectivity index (χ1n) is 9.63. The van der Waals surface area contributed by atoms with Crippen molar-refractivity contribution in [1.29, 1.82) is 0 Å². The minimum atomic E-state index is -0.948. The number of carboxylic acid groups (broad SMARTS) is 1. The van der Waals surface area contributed by atoms with Gasteiger partial charge in [0, 0.05) is 19.1 Å². The number of aromatic carboxylic acids is 1. The molecule has 1 saturated heterocycles. The van der Waals surface area contributed by atoms with Crippen LogP contribution in [-0.2, 0) is 6.54 Å². The van der Waals surface area contributed by atoms with Gasteiger partial charge in [0.25, 0.3) is 0 Å². The van der Waals surface area contributed by atoms with E-state index in [1.807, 2.05) is 0 Å². The van der Waals surface area contributed by atoms with Crippen molar-refractivity contribution in [3.8, 4) is 0 Å². The van der Waals surface area contributed by atoms with E-state index >= 15 is 0 Å². The fourth-order valence-corrected chi connectivity index (χ4v) is 3.71. The first-order valence-corrected chi connectivity index (χ1v) is 9.63. The zero-order chi connectivity index (χ0) is 18.9. The number of nitrogens with zero attached hydrogens (tertiary/aromatic N) is 1. The van der Waals surface area contributed by atoms with Crippen molar-refractivity contribution in [2.75, 3.05) is 19.6 Å². The Balaban J connectivity index is 1.82. The monoisotopic (exact) mass is 361 g/mol. The zero-order valence-electron chi connectivity index (χ0n) is 15.8. The first-order chi connectivity index (χ1) is 12.5. The summed E-state index contributed by atoms with van der Waals surface area (Å²) in [6, 6.07) is 6.76. The summed E-state index contributed by atoms with van der Waals surface area (Å²) in [5, 5.41) is 14.8. The molecule has 1 unspecified atom stereocenters. The number of nitrogens with one attached hydrogen (secondary N) is 2. The Kier molecular flexibility index (Phi) is 7.91. The highest BCUT2D eigenvalue weighted by molar-refractivity contribution is 5.87. The van der Waals surface area contributed by atoms with E-state index in [2.05, 4.69) is 29.4 Å². The minimum Gasteiger partial charge on any atom is -0.478 e. The van der Waals surface area contributed by atoms with Crippen molar-refractivity contribution in [2.45, 2.75) is 52.1 Å². The van der Waals surface area contributed by atoms with Gasteiger partial charge in [-0.3, -0.25) is 4.90 Å². The third-order valence-corrected chi connectivity index (χ3v) is 5.33. The molecule has 0 aliphatic carbocycles. The van der Waals surface area contributed by atoms with Gasteiger partial charge in [0.05, 0.1) is 5.56 Å². The summed E-state index contributed by atoms with van der Waals surface area (Å²) >= 11 is 0. The Bertz CT molecular complexity index is 576. The number of rotatable bonds is 9. The highest BCUT2D eigenvalue weighted by Gasteiger charge is 2.27. The Labute approximate surface area is 156 Å². The number of urea groups is 1. The molecule has 1 aliphatic rings. The summed E-state index contributed by atoms with van der Waals surface area (Å²) in [6.07, 6.45) is 4.73. The fourth-order valence-electron chi connectivity index (χ4n) is 3.71. The average molecular weight is 361 g/mol. The molecule has 6 heteroatoms. The number of carboxylic acids is 1. The maximum absolute atomic E-state index is 12.2. The maximum atomic E-state index is 12.2. The average Bonchev–Trinajstić information content (AvgIpc) is 3.18. The van der Waals surface area contributed by atoms with Crippen molar-refractivity contribution in [3.05, 3.63) is 35.4 Å². The molecule has 2 rings (SSSR count). The van der Waals surface area contributed by atoms with Crippen LogP contribution in [0.4, 0.5) is 4.79 Å². The molecular weight excluding hydrogens is 330 g/mol. The van der Waals surface area contributed by atoms with E-state index in [-0.39, 0.29) is 11.6 Å². The van der Waals surface area contributed by atoms with Gasteiger partial charge < -0.3 is 15.7 Å². The van der Waals surface area contributed by atoms with Crippen LogP contribution in [0.3, 0.4) is 0 Å². The highest BCUT2D eigenvalue weighted by atomic mass is 16.4. The van der Waals surface area contributed by atoms with Crippen LogP contribution in [0.25, 0.3) is 0 Å². The predicted molar refractivity (Wildman–Crippen MR) is 102 cm³/mol. The standard InChI is InChI=1S/C20H31N3O3/c1-3-16(4-2)18(23-11-5-6-12-23)14-22-20(26)21-13-15-7-9-17(10-8-15)19(24)25/h7-10,16,18H,3-6,11-14H2,1-2H3,(H,24,25)(H2,21,22,26). The van der Waals surface area contributed by atoms with Crippen LogP contribution in [0.2, 0.25) is 0 Å². The predicted octanol–water partition coefficient (Wildman–Crippen LogP) is 3.08. The highest BCUT2D eigenvalue weighted by Crippen LogP contribution is 2.22. The van der Waals surface area contributed by atoms with Crippen molar-refractivity contribution in [2.24, 2.45) is 5.92 Å². The van der Waals surface area contributed by atoms with Crippen LogP contribution in [0.1, 0.15) is 55.5 Å². The van der Waals surface area contributed by atoms with Gasteiger partial charge in [0.2, 0.25) is 0 Å². The number of amides is 2. The molecular formula is C20H31N3O3. The third kappa shape index (κ3) is 5.73. The van der Waals surface area contributed by atoms with E-state index in [9.17, 15) is 9.59 Å². The summed E-state index contributed by atoms with van der Waals surface area (Å²) < 4.78 is 0. The maximum Gasteiger partial charge on any atom is 0.335 e. The molecule has 144 valence electrons. The molecule has 0 spiro atoms. The molecule has 1 aromatic carbocycles. The van der Waals surface area contributed by atoms with Gasteiger partial charge >= 0.3 is 12.0 Å². The molecule has 2 amide bonds. The van der Waals surface area contributed by atoms with E-state index in [0.717, 1.165) is 31.5 Å². The number of hydrogen-bond acceptors (Lipinski definition) is 3. The van der Waals surface area contributed by atoms with Crippen molar-refractivity contribution >= 4 is 12.0 Å². The Hall–Kier alpha value is -2.08. The Morgan fingerprint density at radius 3 is 2.23 bits per heavy atom. The van der Waals surface area contributed by atoms with Crippen LogP contribution in [-0.4, -0.2) is 47.7 Å². The van der Waals surface area contributed by atoms with E-state index in [0.29, 0.717) is 25.0 Å². The molecule has 6 nitrogen and oxygen atoms in total. The van der Waals surface area contributed by atoms with Gasteiger partial charge in [-0.2, -0.15) is 0 Å². The molecule has 1 atom stereocenters. The van der Waals surface area contributed by atoms with Crippen LogP contribution in [0.5, 0.6) is 0 Å². The second-order valence-corrected chi connectivity index (χ2v) is 6.95. The van der Waals surface area contributed by atoms with Gasteiger partial charge in [0.1, 0.15) is 0 Å². The SMILES string of the molecule is CCC(CC)C(CNC(=O)NCc1ccc(C(=O)O)cc1)N1CCCC1. The van der Waals surface area contributed by atoms with Gasteiger partial charge in [0.15, 0.2) is 0 Å². The normalized spacial score (nSPS) is 15.8. The van der Waals surface area contributed by atoms with Crippen LogP contribution >= 0.6 is 0 Å². The Morgan fingerprint density at radius 2 is 1.69 bits per heavy atom. The smallest absolute Gasteiger partial charge is 0.335 e. The summed E-state index contributed by atoms with van der Waals surface area (Å²) in [5.41, 5.74) is 1.12. The molecule has 1 aromatic rings. The van der Waals surface area contributed by atoms with E-state index in [4.69, 9.17) is 5.11 Å². The topological polar surface area (TPSA) is 81.7 Å². The molecule has 1 heterocycles. The molecule has 0 aromatic heterocycles. The lowest BCUT2D eigenvalue weighted by Gasteiger charge is -2.33. The molecule has 1 fully saturated rings. The van der Waals surface area contributed by atoms with E-state index in [1.54, 1.807) is 24.3 Å². The van der Waals surface area contributed by atoms with Crippen molar-refractivity contribution in [1.82, 2.24) is 15.5 Å². The molecule has 1 aliphatic heterocycles. The molecule has 3 N–H and O–H groups in total. The van der Waals surface area contributed by atoms with Gasteiger partial charge in [-0.05, 0) is 49.5 Å². The number of likely N-dealkylation sites (tertiary alicyclic amines) is 1. The van der Waals surface area contributed by atoms with Gasteiger partial charge in [-0.25, -0.2) is 9.59 Å². The van der Waals surface area contributed by atoms with Gasteiger partial charge in [-0.15, -0.1) is 0 Å². The number of carbonyl (C=O) groups excluding carboxylic acids is 1. The second-order valence-electron chi connectivity index (χ2n) is 6.95. The summed E-state index contributed by atoms with van der Waals surface area (Å²) in [4.78, 5) is 25.5.